The molecule has 1 heterocycles. The molecule has 7 heteroatoms. The lowest BCUT2D eigenvalue weighted by molar-refractivity contribution is -0.137. The summed E-state index contributed by atoms with van der Waals surface area (Å²) >= 11 is 0. The van der Waals surface area contributed by atoms with Crippen LogP contribution in [-0.2, 0) is 12.7 Å². The predicted molar refractivity (Wildman–Crippen MR) is 82.3 cm³/mol. The van der Waals surface area contributed by atoms with Gasteiger partial charge in [-0.05, 0) is 17.7 Å². The van der Waals surface area contributed by atoms with Crippen LogP contribution in [0.25, 0.3) is 11.4 Å². The molecule has 0 aliphatic rings. The second-order valence-electron chi connectivity index (χ2n) is 5.14. The van der Waals surface area contributed by atoms with Crippen molar-refractivity contribution in [3.63, 3.8) is 0 Å². The average Bonchev–Trinajstić information content (AvgIpc) is 2.57. The Labute approximate surface area is 135 Å². The fourth-order valence-electron chi connectivity index (χ4n) is 2.22. The van der Waals surface area contributed by atoms with Crippen molar-refractivity contribution < 1.29 is 13.2 Å². The number of nitrogens with zero attached hydrogens (tertiary/aromatic N) is 3. The minimum atomic E-state index is -4.43. The molecule has 0 bridgehead atoms. The fourth-order valence-corrected chi connectivity index (χ4v) is 2.22. The van der Waals surface area contributed by atoms with Gasteiger partial charge in [0.25, 0.3) is 5.56 Å². The summed E-state index contributed by atoms with van der Waals surface area (Å²) in [4.78, 5) is 15.9. The average molecular weight is 331 g/mol. The second kappa shape index (κ2) is 6.27. The molecule has 0 atom stereocenters. The minimum absolute atomic E-state index is 0.0644. The molecule has 0 N–H and O–H groups in total. The maximum absolute atomic E-state index is 12.8. The van der Waals surface area contributed by atoms with E-state index in [1.165, 1.54) is 12.1 Å². The first-order chi connectivity index (χ1) is 11.4. The zero-order valence-electron chi connectivity index (χ0n) is 12.4. The monoisotopic (exact) mass is 331 g/mol. The third-order valence-electron chi connectivity index (χ3n) is 3.39. The van der Waals surface area contributed by atoms with Crippen LogP contribution in [0.4, 0.5) is 13.2 Å². The lowest BCUT2D eigenvalue weighted by atomic mass is 10.1. The quantitative estimate of drug-likeness (QED) is 0.739. The van der Waals surface area contributed by atoms with E-state index >= 15 is 0 Å². The molecule has 0 aliphatic carbocycles. The second-order valence-corrected chi connectivity index (χ2v) is 5.14. The van der Waals surface area contributed by atoms with Crippen LogP contribution >= 0.6 is 0 Å². The van der Waals surface area contributed by atoms with Crippen molar-refractivity contribution in [3.05, 3.63) is 82.3 Å². The van der Waals surface area contributed by atoms with E-state index in [0.29, 0.717) is 11.4 Å². The fraction of sp³-hybridized carbons (Fsp3) is 0.118. The van der Waals surface area contributed by atoms with Crippen molar-refractivity contribution in [2.45, 2.75) is 12.7 Å². The highest BCUT2D eigenvalue weighted by Crippen LogP contribution is 2.29. The number of benzene rings is 2. The van der Waals surface area contributed by atoms with Crippen LogP contribution in [0, 0.1) is 0 Å². The molecule has 0 saturated carbocycles. The van der Waals surface area contributed by atoms with E-state index in [1.54, 1.807) is 24.3 Å². The highest BCUT2D eigenvalue weighted by atomic mass is 19.4. The number of hydrogen-bond acceptors (Lipinski definition) is 3. The Morgan fingerprint density at radius 3 is 2.46 bits per heavy atom. The van der Waals surface area contributed by atoms with Crippen molar-refractivity contribution in [2.75, 3.05) is 0 Å². The summed E-state index contributed by atoms with van der Waals surface area (Å²) in [6.07, 6.45) is -3.31. The van der Waals surface area contributed by atoms with E-state index in [4.69, 9.17) is 0 Å². The summed E-state index contributed by atoms with van der Waals surface area (Å²) in [5, 5.41) is 4.14. The van der Waals surface area contributed by atoms with Gasteiger partial charge in [0.2, 0.25) is 0 Å². The summed E-state index contributed by atoms with van der Waals surface area (Å²) in [5.74, 6) is 0.335. The zero-order chi connectivity index (χ0) is 17.2. The first-order valence-electron chi connectivity index (χ1n) is 7.09. The highest BCUT2D eigenvalue weighted by molar-refractivity contribution is 5.53. The Hall–Kier alpha value is -2.96. The van der Waals surface area contributed by atoms with E-state index in [0.717, 1.165) is 28.6 Å². The van der Waals surface area contributed by atoms with Crippen molar-refractivity contribution in [1.82, 2.24) is 14.8 Å². The van der Waals surface area contributed by atoms with Gasteiger partial charge in [0.1, 0.15) is 0 Å². The minimum Gasteiger partial charge on any atom is -0.266 e. The molecule has 0 aliphatic heterocycles. The molecule has 0 radical (unpaired) electrons. The van der Waals surface area contributed by atoms with Gasteiger partial charge in [0.05, 0.1) is 18.3 Å². The Morgan fingerprint density at radius 2 is 1.75 bits per heavy atom. The van der Waals surface area contributed by atoms with E-state index in [2.05, 4.69) is 10.1 Å². The lowest BCUT2D eigenvalue weighted by Crippen LogP contribution is -2.24. The van der Waals surface area contributed by atoms with Crippen LogP contribution in [0.1, 0.15) is 11.1 Å². The molecule has 0 amide bonds. The van der Waals surface area contributed by atoms with Gasteiger partial charge >= 0.3 is 6.18 Å². The Morgan fingerprint density at radius 1 is 1.00 bits per heavy atom. The number of halogens is 3. The third kappa shape index (κ3) is 3.51. The number of aromatic nitrogens is 3. The molecule has 1 aromatic heterocycles. The van der Waals surface area contributed by atoms with Gasteiger partial charge in [-0.25, -0.2) is 9.67 Å². The van der Waals surface area contributed by atoms with Gasteiger partial charge in [0.15, 0.2) is 5.82 Å². The first kappa shape index (κ1) is 15.9. The summed E-state index contributed by atoms with van der Waals surface area (Å²) in [6, 6.07) is 13.8. The number of rotatable bonds is 3. The Balaban J connectivity index is 1.95. The largest absolute Gasteiger partial charge is 0.416 e. The first-order valence-corrected chi connectivity index (χ1v) is 7.09. The molecule has 3 rings (SSSR count). The van der Waals surface area contributed by atoms with Gasteiger partial charge in [-0.1, -0.05) is 42.5 Å². The molecule has 0 spiro atoms. The lowest BCUT2D eigenvalue weighted by Gasteiger charge is -2.10. The normalized spacial score (nSPS) is 11.5. The summed E-state index contributed by atoms with van der Waals surface area (Å²) in [7, 11) is 0. The topological polar surface area (TPSA) is 47.8 Å². The number of alkyl halides is 3. The van der Waals surface area contributed by atoms with Crippen molar-refractivity contribution in [3.8, 4) is 11.4 Å². The summed E-state index contributed by atoms with van der Waals surface area (Å²) in [6.45, 7) is -0.0644. The molecule has 0 fully saturated rings. The predicted octanol–water partition coefficient (Wildman–Crippen LogP) is 3.37. The molecule has 24 heavy (non-hydrogen) atoms. The maximum Gasteiger partial charge on any atom is 0.416 e. The standard InChI is InChI=1S/C17H12F3N3O/c18-17(19,20)14-8-4-5-12(9-14)11-23-15(24)10-21-16(22-23)13-6-2-1-3-7-13/h1-10H,11H2. The highest BCUT2D eigenvalue weighted by Gasteiger charge is 2.30. The Kier molecular flexibility index (Phi) is 4.16. The van der Waals surface area contributed by atoms with Crippen molar-refractivity contribution in [2.24, 2.45) is 0 Å². The molecule has 4 nitrogen and oxygen atoms in total. The van der Waals surface area contributed by atoms with Crippen LogP contribution in [-0.4, -0.2) is 14.8 Å². The van der Waals surface area contributed by atoms with Crippen molar-refractivity contribution >= 4 is 0 Å². The molecular weight excluding hydrogens is 319 g/mol. The maximum atomic E-state index is 12.8. The van der Waals surface area contributed by atoms with Gasteiger partial charge in [-0.3, -0.25) is 4.79 Å². The molecule has 122 valence electrons. The third-order valence-corrected chi connectivity index (χ3v) is 3.39. The van der Waals surface area contributed by atoms with Crippen molar-refractivity contribution in [1.29, 1.82) is 0 Å². The molecule has 2 aromatic carbocycles. The van der Waals surface area contributed by atoms with Gasteiger partial charge in [-0.15, -0.1) is 5.10 Å². The van der Waals surface area contributed by atoms with Crippen LogP contribution in [0.15, 0.2) is 65.6 Å². The van der Waals surface area contributed by atoms with E-state index in [9.17, 15) is 18.0 Å². The van der Waals surface area contributed by atoms with Crippen LogP contribution in [0.2, 0.25) is 0 Å². The van der Waals surface area contributed by atoms with E-state index in [1.807, 2.05) is 6.07 Å². The molecule has 0 saturated heterocycles. The van der Waals surface area contributed by atoms with Crippen LogP contribution < -0.4 is 5.56 Å². The van der Waals surface area contributed by atoms with Crippen LogP contribution in [0.5, 0.6) is 0 Å². The van der Waals surface area contributed by atoms with Crippen LogP contribution in [0.3, 0.4) is 0 Å². The molecule has 0 unspecified atom stereocenters. The van der Waals surface area contributed by atoms with Gasteiger partial charge in [-0.2, -0.15) is 13.2 Å². The summed E-state index contributed by atoms with van der Waals surface area (Å²) in [5.41, 5.74) is -0.183. The SMILES string of the molecule is O=c1cnc(-c2ccccc2)nn1Cc1cccc(C(F)(F)F)c1. The Bertz CT molecular complexity index is 905. The molecule has 3 aromatic rings. The zero-order valence-corrected chi connectivity index (χ0v) is 12.4. The van der Waals surface area contributed by atoms with E-state index in [-0.39, 0.29) is 6.54 Å². The van der Waals surface area contributed by atoms with Gasteiger partial charge < -0.3 is 0 Å². The van der Waals surface area contributed by atoms with Gasteiger partial charge in [0, 0.05) is 5.56 Å². The molecular formula is C17H12F3N3O. The summed E-state index contributed by atoms with van der Waals surface area (Å²) < 4.78 is 39.4. The number of hydrogen-bond donors (Lipinski definition) is 0. The smallest absolute Gasteiger partial charge is 0.266 e. The van der Waals surface area contributed by atoms with E-state index < -0.39 is 17.3 Å².